The van der Waals surface area contributed by atoms with Gasteiger partial charge in [0.05, 0.1) is 11.5 Å². The molecule has 1 N–H and O–H groups in total. The van der Waals surface area contributed by atoms with Crippen LogP contribution in [0.2, 0.25) is 0 Å². The van der Waals surface area contributed by atoms with Crippen LogP contribution in [0.1, 0.15) is 47.3 Å². The van der Waals surface area contributed by atoms with E-state index in [2.05, 4.69) is 5.32 Å². The number of ether oxygens (including phenoxy) is 1. The molecule has 0 aromatic heterocycles. The first-order valence-corrected chi connectivity index (χ1v) is 11.6. The molecule has 3 amide bonds. The topological polar surface area (TPSA) is 79.0 Å². The Morgan fingerprint density at radius 1 is 1.06 bits per heavy atom. The number of carbonyl (C=O) groups excluding carboxylic acids is 3. The highest BCUT2D eigenvalue weighted by Gasteiger charge is 2.47. The number of nitrogens with zero attached hydrogens (tertiary/aromatic N) is 2. The maximum absolute atomic E-state index is 14.9. The van der Waals surface area contributed by atoms with Gasteiger partial charge in [-0.2, -0.15) is 0 Å². The minimum atomic E-state index is -1.00. The van der Waals surface area contributed by atoms with Crippen molar-refractivity contribution in [2.75, 3.05) is 39.9 Å². The summed E-state index contributed by atoms with van der Waals surface area (Å²) in [6, 6.07) is 13.2. The van der Waals surface area contributed by atoms with Crippen molar-refractivity contribution in [1.29, 1.82) is 0 Å². The third kappa shape index (κ3) is 4.42. The second-order valence-corrected chi connectivity index (χ2v) is 8.86. The van der Waals surface area contributed by atoms with Gasteiger partial charge in [-0.25, -0.2) is 4.39 Å². The van der Waals surface area contributed by atoms with Gasteiger partial charge < -0.3 is 19.9 Å². The fraction of sp³-hybridized carbons (Fsp3) is 0.423. The maximum Gasteiger partial charge on any atom is 0.251 e. The number of amides is 3. The highest BCUT2D eigenvalue weighted by Crippen LogP contribution is 2.39. The smallest absolute Gasteiger partial charge is 0.251 e. The second-order valence-electron chi connectivity index (χ2n) is 8.86. The van der Waals surface area contributed by atoms with Gasteiger partial charge in [0.25, 0.3) is 5.91 Å². The molecule has 2 aliphatic heterocycles. The van der Waals surface area contributed by atoms with Crippen molar-refractivity contribution in [2.45, 2.75) is 31.2 Å². The first-order valence-electron chi connectivity index (χ1n) is 11.6. The van der Waals surface area contributed by atoms with E-state index in [-0.39, 0.29) is 24.3 Å². The van der Waals surface area contributed by atoms with E-state index in [0.29, 0.717) is 50.3 Å². The van der Waals surface area contributed by atoms with Crippen LogP contribution in [-0.2, 0) is 19.7 Å². The van der Waals surface area contributed by atoms with Crippen molar-refractivity contribution in [3.8, 4) is 0 Å². The van der Waals surface area contributed by atoms with E-state index >= 15 is 0 Å². The molecule has 180 valence electrons. The predicted octanol–water partition coefficient (Wildman–Crippen LogP) is 2.67. The quantitative estimate of drug-likeness (QED) is 0.750. The molecule has 7 nitrogen and oxygen atoms in total. The summed E-state index contributed by atoms with van der Waals surface area (Å²) in [6.45, 7) is 3.26. The molecule has 4 rings (SSSR count). The lowest BCUT2D eigenvalue weighted by molar-refractivity contribution is -0.148. The molecule has 0 unspecified atom stereocenters. The van der Waals surface area contributed by atoms with E-state index in [4.69, 9.17) is 4.74 Å². The van der Waals surface area contributed by atoms with Crippen molar-refractivity contribution >= 4 is 17.7 Å². The van der Waals surface area contributed by atoms with Crippen LogP contribution >= 0.6 is 0 Å². The molecule has 0 spiro atoms. The molecule has 2 fully saturated rings. The van der Waals surface area contributed by atoms with Gasteiger partial charge in [0.2, 0.25) is 11.8 Å². The van der Waals surface area contributed by atoms with E-state index < -0.39 is 17.3 Å². The Hall–Kier alpha value is -3.26. The lowest BCUT2D eigenvalue weighted by atomic mass is 9.72. The summed E-state index contributed by atoms with van der Waals surface area (Å²) in [5, 5.41) is 2.61. The highest BCUT2D eigenvalue weighted by molar-refractivity contribution is 5.94. The number of carbonyl (C=O) groups is 3. The van der Waals surface area contributed by atoms with Crippen LogP contribution in [0.15, 0.2) is 48.5 Å². The van der Waals surface area contributed by atoms with Crippen molar-refractivity contribution in [3.63, 3.8) is 0 Å². The van der Waals surface area contributed by atoms with Gasteiger partial charge >= 0.3 is 0 Å². The van der Waals surface area contributed by atoms with Crippen LogP contribution < -0.4 is 5.32 Å². The van der Waals surface area contributed by atoms with E-state index in [1.807, 2.05) is 6.07 Å². The summed E-state index contributed by atoms with van der Waals surface area (Å²) in [5.74, 6) is -0.857. The fourth-order valence-electron chi connectivity index (χ4n) is 5.13. The van der Waals surface area contributed by atoms with Gasteiger partial charge in [-0.1, -0.05) is 30.3 Å². The summed E-state index contributed by atoms with van der Waals surface area (Å²) >= 11 is 0. The molecule has 8 heteroatoms. The van der Waals surface area contributed by atoms with Crippen molar-refractivity contribution in [3.05, 3.63) is 71.0 Å². The molecule has 0 radical (unpaired) electrons. The van der Waals surface area contributed by atoms with E-state index in [9.17, 15) is 18.8 Å². The maximum atomic E-state index is 14.9. The Bertz CT molecular complexity index is 1080. The van der Waals surface area contributed by atoms with Crippen molar-refractivity contribution in [2.24, 2.45) is 0 Å². The third-order valence-electron chi connectivity index (χ3n) is 6.98. The highest BCUT2D eigenvalue weighted by atomic mass is 19.1. The third-order valence-corrected chi connectivity index (χ3v) is 6.98. The van der Waals surface area contributed by atoms with E-state index in [0.717, 1.165) is 5.56 Å². The summed E-state index contributed by atoms with van der Waals surface area (Å²) in [6.07, 6.45) is 0.799. The molecule has 0 saturated carbocycles. The summed E-state index contributed by atoms with van der Waals surface area (Å²) in [7, 11) is 1.56. The number of piperazine rings is 1. The van der Waals surface area contributed by atoms with Crippen LogP contribution in [0.3, 0.4) is 0 Å². The molecule has 2 aliphatic rings. The lowest BCUT2D eigenvalue weighted by Gasteiger charge is -2.46. The predicted molar refractivity (Wildman–Crippen MR) is 125 cm³/mol. The Morgan fingerprint density at radius 3 is 2.47 bits per heavy atom. The van der Waals surface area contributed by atoms with Gasteiger partial charge in [0.1, 0.15) is 5.82 Å². The molecule has 2 aromatic carbocycles. The number of halogens is 1. The fourth-order valence-corrected chi connectivity index (χ4v) is 5.13. The van der Waals surface area contributed by atoms with Gasteiger partial charge in [0.15, 0.2) is 0 Å². The minimum Gasteiger partial charge on any atom is -0.381 e. The zero-order chi connectivity index (χ0) is 24.3. The largest absolute Gasteiger partial charge is 0.381 e. The molecule has 34 heavy (non-hydrogen) atoms. The van der Waals surface area contributed by atoms with Crippen LogP contribution in [-0.4, -0.2) is 67.4 Å². The van der Waals surface area contributed by atoms with Crippen LogP contribution in [0.25, 0.3) is 0 Å². The van der Waals surface area contributed by atoms with Crippen LogP contribution in [0, 0.1) is 5.82 Å². The second kappa shape index (κ2) is 9.93. The molecular weight excluding hydrogens is 437 g/mol. The first-order chi connectivity index (χ1) is 16.4. The number of hydrogen-bond donors (Lipinski definition) is 1. The normalized spacial score (nSPS) is 20.0. The number of hydrogen-bond acceptors (Lipinski definition) is 4. The standard InChI is InChI=1S/C26H30FN3O4/c1-18(31)30-13-12-29(17-23(30)19-6-5-7-20(16-19)24(32)28-2)25(33)26(10-14-34-15-11-26)21-8-3-4-9-22(21)27/h3-9,16,23H,10-15,17H2,1-2H3,(H,28,32)/t23-/m1/s1. The van der Waals surface area contributed by atoms with Gasteiger partial charge in [-0.15, -0.1) is 0 Å². The molecule has 2 heterocycles. The monoisotopic (exact) mass is 467 g/mol. The van der Waals surface area contributed by atoms with Crippen molar-refractivity contribution in [1.82, 2.24) is 15.1 Å². The molecular formula is C26H30FN3O4. The summed E-state index contributed by atoms with van der Waals surface area (Å²) in [4.78, 5) is 42.1. The SMILES string of the molecule is CNC(=O)c1cccc([C@H]2CN(C(=O)C3(c4ccccc4F)CCOCC3)CCN2C(C)=O)c1. The zero-order valence-corrected chi connectivity index (χ0v) is 19.6. The van der Waals surface area contributed by atoms with E-state index in [1.165, 1.54) is 13.0 Å². The molecule has 2 aromatic rings. The molecule has 0 aliphatic carbocycles. The first kappa shape index (κ1) is 23.9. The Morgan fingerprint density at radius 2 is 1.79 bits per heavy atom. The van der Waals surface area contributed by atoms with Gasteiger partial charge in [-0.05, 0) is 36.6 Å². The van der Waals surface area contributed by atoms with Gasteiger partial charge in [-0.3, -0.25) is 14.4 Å². The lowest BCUT2D eigenvalue weighted by Crippen LogP contribution is -2.57. The van der Waals surface area contributed by atoms with Crippen LogP contribution in [0.4, 0.5) is 4.39 Å². The van der Waals surface area contributed by atoms with Crippen molar-refractivity contribution < 1.29 is 23.5 Å². The Labute approximate surface area is 198 Å². The number of benzene rings is 2. The van der Waals surface area contributed by atoms with Gasteiger partial charge in [0, 0.05) is 57.9 Å². The minimum absolute atomic E-state index is 0.0997. The Balaban J connectivity index is 1.68. The average molecular weight is 468 g/mol. The number of nitrogens with one attached hydrogen (secondary N) is 1. The zero-order valence-electron chi connectivity index (χ0n) is 19.6. The van der Waals surface area contributed by atoms with Crippen LogP contribution in [0.5, 0.6) is 0 Å². The molecule has 2 saturated heterocycles. The number of rotatable bonds is 4. The average Bonchev–Trinajstić information content (AvgIpc) is 2.88. The van der Waals surface area contributed by atoms with E-state index in [1.54, 1.807) is 53.2 Å². The molecule has 0 bridgehead atoms. The summed E-state index contributed by atoms with van der Waals surface area (Å²) < 4.78 is 20.4. The Kier molecular flexibility index (Phi) is 6.97. The summed E-state index contributed by atoms with van der Waals surface area (Å²) in [5.41, 5.74) is 0.659. The molecule has 1 atom stereocenters.